The Morgan fingerprint density at radius 1 is 1.00 bits per heavy atom. The van der Waals surface area contributed by atoms with Crippen molar-refractivity contribution in [3.63, 3.8) is 0 Å². The number of thioether (sulfide) groups is 1. The van der Waals surface area contributed by atoms with E-state index >= 15 is 0 Å². The van der Waals surface area contributed by atoms with Crippen LogP contribution in [0.5, 0.6) is 0 Å². The Morgan fingerprint density at radius 3 is 2.22 bits per heavy atom. The molecule has 2 aromatic rings. The van der Waals surface area contributed by atoms with Crippen LogP contribution >= 0.6 is 35.0 Å². The first-order valence-electron chi connectivity index (χ1n) is 13.1. The van der Waals surface area contributed by atoms with Crippen LogP contribution in [0.1, 0.15) is 77.0 Å². The zero-order valence-electron chi connectivity index (χ0n) is 20.8. The number of anilines is 1. The highest BCUT2D eigenvalue weighted by atomic mass is 35.5. The Balaban J connectivity index is 1.39. The molecule has 7 nitrogen and oxygen atoms in total. The zero-order chi connectivity index (χ0) is 25.5. The Kier molecular flexibility index (Phi) is 9.96. The fraction of sp³-hybridized carbons (Fsp3) is 0.615. The molecular weight excluding hydrogens is 517 g/mol. The molecule has 1 aromatic carbocycles. The van der Waals surface area contributed by atoms with Gasteiger partial charge in [-0.3, -0.25) is 9.59 Å². The van der Waals surface area contributed by atoms with Gasteiger partial charge < -0.3 is 14.8 Å². The van der Waals surface area contributed by atoms with Crippen LogP contribution in [-0.4, -0.2) is 49.3 Å². The number of hydrogen-bond acceptors (Lipinski definition) is 5. The van der Waals surface area contributed by atoms with Crippen LogP contribution in [-0.2, 0) is 22.6 Å². The zero-order valence-corrected chi connectivity index (χ0v) is 23.2. The SMILES string of the molecule is CCn1c(CC(=O)Nc2ccc(Cl)c(Cl)c2)nnc1SCC(=O)N(C1CCCCC1)C1CCCCC1. The van der Waals surface area contributed by atoms with Gasteiger partial charge in [-0.15, -0.1) is 10.2 Å². The average Bonchev–Trinajstić information content (AvgIpc) is 3.27. The fourth-order valence-electron chi connectivity index (χ4n) is 5.42. The summed E-state index contributed by atoms with van der Waals surface area (Å²) < 4.78 is 1.91. The fourth-order valence-corrected chi connectivity index (χ4v) is 6.61. The van der Waals surface area contributed by atoms with Crippen molar-refractivity contribution in [2.75, 3.05) is 11.1 Å². The van der Waals surface area contributed by atoms with Gasteiger partial charge in [-0.2, -0.15) is 0 Å². The third-order valence-electron chi connectivity index (χ3n) is 7.18. The molecule has 0 atom stereocenters. The second-order valence-electron chi connectivity index (χ2n) is 9.67. The van der Waals surface area contributed by atoms with Crippen LogP contribution in [0.4, 0.5) is 5.69 Å². The molecule has 4 rings (SSSR count). The number of nitrogens with zero attached hydrogens (tertiary/aromatic N) is 4. The number of carbonyl (C=O) groups is 2. The van der Waals surface area contributed by atoms with E-state index in [0.29, 0.717) is 51.1 Å². The smallest absolute Gasteiger partial charge is 0.233 e. The first-order chi connectivity index (χ1) is 17.5. The van der Waals surface area contributed by atoms with Crippen LogP contribution < -0.4 is 5.32 Å². The molecule has 1 aromatic heterocycles. The summed E-state index contributed by atoms with van der Waals surface area (Å²) >= 11 is 13.4. The molecule has 0 saturated heterocycles. The van der Waals surface area contributed by atoms with E-state index in [-0.39, 0.29) is 18.2 Å². The molecule has 2 aliphatic carbocycles. The number of carbonyl (C=O) groups excluding carboxylic acids is 2. The van der Waals surface area contributed by atoms with Crippen molar-refractivity contribution >= 4 is 52.5 Å². The van der Waals surface area contributed by atoms with Gasteiger partial charge in [0, 0.05) is 24.3 Å². The number of nitrogens with one attached hydrogen (secondary N) is 1. The molecule has 10 heteroatoms. The van der Waals surface area contributed by atoms with Crippen LogP contribution in [0.25, 0.3) is 0 Å². The second-order valence-corrected chi connectivity index (χ2v) is 11.4. The van der Waals surface area contributed by atoms with Crippen LogP contribution in [0, 0.1) is 0 Å². The topological polar surface area (TPSA) is 80.1 Å². The van der Waals surface area contributed by atoms with Crippen molar-refractivity contribution in [1.82, 2.24) is 19.7 Å². The Hall–Kier alpha value is -1.77. The maximum Gasteiger partial charge on any atom is 0.233 e. The summed E-state index contributed by atoms with van der Waals surface area (Å²) in [6, 6.07) is 5.71. The lowest BCUT2D eigenvalue weighted by molar-refractivity contribution is -0.135. The predicted octanol–water partition coefficient (Wildman–Crippen LogP) is 6.37. The Bertz CT molecular complexity index is 1030. The van der Waals surface area contributed by atoms with Gasteiger partial charge in [-0.05, 0) is 50.8 Å². The minimum Gasteiger partial charge on any atom is -0.336 e. The van der Waals surface area contributed by atoms with Crippen molar-refractivity contribution < 1.29 is 9.59 Å². The number of halogens is 2. The molecule has 0 bridgehead atoms. The van der Waals surface area contributed by atoms with E-state index in [1.807, 2.05) is 11.5 Å². The molecule has 2 saturated carbocycles. The van der Waals surface area contributed by atoms with Gasteiger partial charge in [0.25, 0.3) is 0 Å². The third kappa shape index (κ3) is 6.95. The van der Waals surface area contributed by atoms with E-state index in [2.05, 4.69) is 20.4 Å². The molecule has 1 N–H and O–H groups in total. The second kappa shape index (κ2) is 13.2. The van der Waals surface area contributed by atoms with Gasteiger partial charge >= 0.3 is 0 Å². The van der Waals surface area contributed by atoms with Crippen molar-refractivity contribution in [1.29, 1.82) is 0 Å². The third-order valence-corrected chi connectivity index (χ3v) is 8.87. The van der Waals surface area contributed by atoms with E-state index in [1.54, 1.807) is 18.2 Å². The lowest BCUT2D eigenvalue weighted by Crippen LogP contribution is -2.49. The Morgan fingerprint density at radius 2 is 1.64 bits per heavy atom. The minimum absolute atomic E-state index is 0.0753. The summed E-state index contributed by atoms with van der Waals surface area (Å²) in [6.45, 7) is 2.61. The van der Waals surface area contributed by atoms with Crippen molar-refractivity contribution in [2.45, 2.75) is 101 Å². The van der Waals surface area contributed by atoms with E-state index in [4.69, 9.17) is 23.2 Å². The van der Waals surface area contributed by atoms with Crippen LogP contribution in [0.15, 0.2) is 23.4 Å². The average molecular weight is 553 g/mol. The molecule has 2 amide bonds. The Labute approximate surface area is 227 Å². The standard InChI is InChI=1S/C26H35Cl2N5O2S/c1-2-32-23(16-24(34)29-18-13-14-21(27)22(28)15-18)30-31-26(32)36-17-25(35)33(19-9-5-3-6-10-19)20-11-7-4-8-12-20/h13-15,19-20H,2-12,16-17H2,1H3,(H,29,34). The highest BCUT2D eigenvalue weighted by molar-refractivity contribution is 7.99. The van der Waals surface area contributed by atoms with Gasteiger partial charge in [-0.1, -0.05) is 73.5 Å². The number of amides is 2. The maximum atomic E-state index is 13.5. The van der Waals surface area contributed by atoms with E-state index in [9.17, 15) is 9.59 Å². The summed E-state index contributed by atoms with van der Waals surface area (Å²) in [5.74, 6) is 0.911. The molecule has 2 fully saturated rings. The van der Waals surface area contributed by atoms with Crippen molar-refractivity contribution in [2.24, 2.45) is 0 Å². The van der Waals surface area contributed by atoms with E-state index in [1.165, 1.54) is 50.3 Å². The molecule has 0 spiro atoms. The number of hydrogen-bond donors (Lipinski definition) is 1. The number of aromatic nitrogens is 3. The largest absolute Gasteiger partial charge is 0.336 e. The number of benzene rings is 1. The van der Waals surface area contributed by atoms with Crippen LogP contribution in [0.3, 0.4) is 0 Å². The minimum atomic E-state index is -0.219. The van der Waals surface area contributed by atoms with Crippen molar-refractivity contribution in [3.8, 4) is 0 Å². The quantitative estimate of drug-likeness (QED) is 0.366. The molecule has 0 radical (unpaired) electrons. The maximum absolute atomic E-state index is 13.5. The molecule has 196 valence electrons. The van der Waals surface area contributed by atoms with Gasteiger partial charge in [0.2, 0.25) is 11.8 Å². The summed E-state index contributed by atoms with van der Waals surface area (Å²) in [5.41, 5.74) is 0.572. The van der Waals surface area contributed by atoms with Gasteiger partial charge in [0.1, 0.15) is 5.82 Å². The normalized spacial score (nSPS) is 17.2. The van der Waals surface area contributed by atoms with E-state index in [0.717, 1.165) is 25.7 Å². The molecule has 2 aliphatic rings. The molecule has 36 heavy (non-hydrogen) atoms. The van der Waals surface area contributed by atoms with Crippen molar-refractivity contribution in [3.05, 3.63) is 34.1 Å². The molecule has 1 heterocycles. The summed E-state index contributed by atoms with van der Waals surface area (Å²) in [5, 5.41) is 12.9. The highest BCUT2D eigenvalue weighted by Crippen LogP contribution is 2.31. The van der Waals surface area contributed by atoms with Gasteiger partial charge in [-0.25, -0.2) is 0 Å². The predicted molar refractivity (Wildman–Crippen MR) is 146 cm³/mol. The first-order valence-corrected chi connectivity index (χ1v) is 14.8. The molecule has 0 unspecified atom stereocenters. The lowest BCUT2D eigenvalue weighted by Gasteiger charge is -2.41. The highest BCUT2D eigenvalue weighted by Gasteiger charge is 2.32. The monoisotopic (exact) mass is 551 g/mol. The van der Waals surface area contributed by atoms with Gasteiger partial charge in [0.05, 0.1) is 22.2 Å². The van der Waals surface area contributed by atoms with E-state index < -0.39 is 0 Å². The first kappa shape index (κ1) is 27.3. The summed E-state index contributed by atoms with van der Waals surface area (Å²) in [7, 11) is 0. The molecular formula is C26H35Cl2N5O2S. The van der Waals surface area contributed by atoms with Crippen LogP contribution in [0.2, 0.25) is 10.0 Å². The lowest BCUT2D eigenvalue weighted by atomic mass is 9.88. The van der Waals surface area contributed by atoms with Gasteiger partial charge in [0.15, 0.2) is 5.16 Å². The molecule has 0 aliphatic heterocycles. The summed E-state index contributed by atoms with van der Waals surface area (Å²) in [4.78, 5) is 28.4. The number of rotatable bonds is 9. The summed E-state index contributed by atoms with van der Waals surface area (Å²) in [6.07, 6.45) is 12.0.